The largest absolute Gasteiger partial charge is 0.460 e. The number of hydrogen-bond acceptors (Lipinski definition) is 3. The number of rotatable bonds is 7. The maximum atomic E-state index is 12.5. The van der Waals surface area contributed by atoms with Gasteiger partial charge in [0.25, 0.3) is 0 Å². The van der Waals surface area contributed by atoms with E-state index in [0.717, 1.165) is 6.42 Å². The summed E-state index contributed by atoms with van der Waals surface area (Å²) < 4.78 is 13.9. The molecular weight excluding hydrogens is 278 g/mol. The lowest BCUT2D eigenvalue weighted by molar-refractivity contribution is -0.157. The molecule has 0 unspecified atom stereocenters. The van der Waals surface area contributed by atoms with Gasteiger partial charge in [0.1, 0.15) is 5.60 Å². The van der Waals surface area contributed by atoms with Crippen LogP contribution in [-0.2, 0) is 14.3 Å². The highest BCUT2D eigenvalue weighted by Gasteiger charge is 2.29. The van der Waals surface area contributed by atoms with Gasteiger partial charge in [0.2, 0.25) is 5.91 Å². The number of ether oxygens (including phenoxy) is 1. The lowest BCUT2D eigenvalue weighted by Gasteiger charge is -2.26. The zero-order valence-electron chi connectivity index (χ0n) is 16.6. The van der Waals surface area contributed by atoms with Crippen LogP contribution in [-0.4, -0.2) is 24.0 Å². The van der Waals surface area contributed by atoms with Gasteiger partial charge in [0.15, 0.2) is 0 Å². The summed E-state index contributed by atoms with van der Waals surface area (Å²) in [6.07, 6.45) is 0.922. The van der Waals surface area contributed by atoms with E-state index < -0.39 is 17.5 Å². The van der Waals surface area contributed by atoms with Crippen LogP contribution < -0.4 is 5.32 Å². The number of esters is 1. The van der Waals surface area contributed by atoms with Crippen LogP contribution in [0.25, 0.3) is 0 Å². The molecular formula is C18H35NO3. The number of nitrogens with one attached hydrogen (secondary N) is 1. The Hall–Kier alpha value is -1.06. The van der Waals surface area contributed by atoms with Gasteiger partial charge >= 0.3 is 5.97 Å². The average Bonchev–Trinajstić information content (AvgIpc) is 2.21. The molecule has 0 bridgehead atoms. The fourth-order valence-corrected chi connectivity index (χ4v) is 2.01. The fourth-order valence-electron chi connectivity index (χ4n) is 2.01. The number of hydrogen-bond donors (Lipinski definition) is 1. The zero-order valence-corrected chi connectivity index (χ0v) is 15.6. The first-order chi connectivity index (χ1) is 10.1. The first kappa shape index (κ1) is 19.0. The predicted molar refractivity (Wildman–Crippen MR) is 90.5 cm³/mol. The van der Waals surface area contributed by atoms with E-state index >= 15 is 0 Å². The Morgan fingerprint density at radius 1 is 1.14 bits per heavy atom. The van der Waals surface area contributed by atoms with Crippen molar-refractivity contribution in [3.8, 4) is 0 Å². The van der Waals surface area contributed by atoms with Crippen molar-refractivity contribution in [3.63, 3.8) is 0 Å². The molecule has 4 heteroatoms. The third-order valence-electron chi connectivity index (χ3n) is 2.85. The number of carbonyl (C=O) groups is 2. The lowest BCUT2D eigenvalue weighted by atomic mass is 9.82. The Balaban J connectivity index is 5.02. The van der Waals surface area contributed by atoms with Crippen LogP contribution >= 0.6 is 0 Å². The smallest absolute Gasteiger partial charge is 0.307 e. The molecule has 0 aromatic rings. The summed E-state index contributed by atoms with van der Waals surface area (Å²) in [7, 11) is 0. The minimum absolute atomic E-state index is 0.227. The van der Waals surface area contributed by atoms with Crippen molar-refractivity contribution in [1.29, 1.82) is 0 Å². The van der Waals surface area contributed by atoms with Crippen LogP contribution in [0.4, 0.5) is 0 Å². The van der Waals surface area contributed by atoms with Crippen molar-refractivity contribution in [1.82, 2.24) is 5.32 Å². The molecule has 22 heavy (non-hydrogen) atoms. The van der Waals surface area contributed by atoms with Gasteiger partial charge in [-0.25, -0.2) is 0 Å². The van der Waals surface area contributed by atoms with E-state index in [1.54, 1.807) is 20.8 Å². The normalized spacial score (nSPS) is 16.0. The van der Waals surface area contributed by atoms with Crippen molar-refractivity contribution in [3.05, 3.63) is 0 Å². The van der Waals surface area contributed by atoms with Gasteiger partial charge < -0.3 is 10.1 Å². The molecule has 0 heterocycles. The molecule has 1 atom stereocenters. The van der Waals surface area contributed by atoms with Gasteiger partial charge in [0, 0.05) is 13.8 Å². The highest BCUT2D eigenvalue weighted by Crippen LogP contribution is 2.27. The van der Waals surface area contributed by atoms with Crippen molar-refractivity contribution >= 4 is 11.9 Å². The molecule has 0 aliphatic heterocycles. The molecule has 0 aliphatic rings. The highest BCUT2D eigenvalue weighted by atomic mass is 16.6. The van der Waals surface area contributed by atoms with Crippen molar-refractivity contribution in [2.45, 2.75) is 80.3 Å². The van der Waals surface area contributed by atoms with Crippen LogP contribution in [0.3, 0.4) is 0 Å². The van der Waals surface area contributed by atoms with Crippen molar-refractivity contribution < 1.29 is 15.7 Å². The molecule has 1 N–H and O–H groups in total. The fraction of sp³-hybridized carbons (Fsp3) is 0.889. The molecule has 130 valence electrons. The van der Waals surface area contributed by atoms with Crippen LogP contribution in [0.1, 0.15) is 76.0 Å². The molecule has 0 fully saturated rings. The molecule has 0 aromatic heterocycles. The Bertz CT molecular complexity index is 407. The van der Waals surface area contributed by atoms with E-state index in [1.165, 1.54) is 0 Å². The minimum atomic E-state index is -1.50. The Morgan fingerprint density at radius 3 is 2.09 bits per heavy atom. The highest BCUT2D eigenvalue weighted by molar-refractivity contribution is 5.83. The van der Waals surface area contributed by atoms with Crippen LogP contribution in [0.15, 0.2) is 0 Å². The van der Waals surface area contributed by atoms with E-state index in [9.17, 15) is 9.59 Å². The van der Waals surface area contributed by atoms with E-state index in [0.29, 0.717) is 18.9 Å². The Labute approximate surface area is 137 Å². The maximum absolute atomic E-state index is 12.5. The second-order valence-corrected chi connectivity index (χ2v) is 8.54. The summed E-state index contributed by atoms with van der Waals surface area (Å²) in [6.45, 7) is 15.9. The quantitative estimate of drug-likeness (QED) is 0.724. The van der Waals surface area contributed by atoms with Gasteiger partial charge in [0.05, 0.1) is 6.42 Å². The first-order valence-electron chi connectivity index (χ1n) is 8.65. The third-order valence-corrected chi connectivity index (χ3v) is 2.85. The molecule has 0 aliphatic carbocycles. The zero-order chi connectivity index (χ0) is 18.5. The summed E-state index contributed by atoms with van der Waals surface area (Å²) >= 11 is 0. The average molecular weight is 314 g/mol. The monoisotopic (exact) mass is 314 g/mol. The van der Waals surface area contributed by atoms with Gasteiger partial charge in [-0.05, 0) is 44.9 Å². The second-order valence-electron chi connectivity index (χ2n) is 8.54. The maximum Gasteiger partial charge on any atom is 0.307 e. The standard InChI is InChI=1S/C18H35NO3/c1-13(2)9-10-19-16(21)14(12-17(3,4)5)11-15(20)22-18(6,7)8/h13-14H,9-12H2,1-8H3,(H,19,21)/t14-/m1/s1/i14D. The minimum Gasteiger partial charge on any atom is -0.460 e. The van der Waals surface area contributed by atoms with Gasteiger partial charge in [-0.2, -0.15) is 0 Å². The molecule has 0 saturated heterocycles. The molecule has 0 aromatic carbocycles. The van der Waals surface area contributed by atoms with Crippen LogP contribution in [0, 0.1) is 17.2 Å². The summed E-state index contributed by atoms with van der Waals surface area (Å²) in [6, 6.07) is 0. The number of carbonyl (C=O) groups excluding carboxylic acids is 2. The van der Waals surface area contributed by atoms with Crippen LogP contribution in [0.2, 0.25) is 0 Å². The molecule has 0 radical (unpaired) electrons. The SMILES string of the molecule is [2H][C@@](CC(=O)OC(C)(C)C)(CC(C)(C)C)C(=O)NCCC(C)C. The van der Waals surface area contributed by atoms with Crippen molar-refractivity contribution in [2.24, 2.45) is 17.2 Å². The first-order valence-corrected chi connectivity index (χ1v) is 8.15. The van der Waals surface area contributed by atoms with E-state index in [4.69, 9.17) is 6.11 Å². The molecule has 0 spiro atoms. The topological polar surface area (TPSA) is 55.4 Å². The summed E-state index contributed by atoms with van der Waals surface area (Å²) in [5.41, 5.74) is -0.854. The predicted octanol–water partition coefficient (Wildman–Crippen LogP) is 3.93. The third kappa shape index (κ3) is 11.6. The Morgan fingerprint density at radius 2 is 1.68 bits per heavy atom. The molecule has 0 rings (SSSR count). The summed E-state index contributed by atoms with van der Waals surface area (Å²) in [5, 5.41) is 2.81. The van der Waals surface area contributed by atoms with E-state index in [2.05, 4.69) is 19.2 Å². The van der Waals surface area contributed by atoms with Gasteiger partial charge in [-0.3, -0.25) is 9.59 Å². The summed E-state index contributed by atoms with van der Waals surface area (Å²) in [4.78, 5) is 24.6. The summed E-state index contributed by atoms with van der Waals surface area (Å²) in [5.74, 6) is -1.92. The van der Waals surface area contributed by atoms with E-state index in [1.807, 2.05) is 20.8 Å². The molecule has 4 nitrogen and oxygen atoms in total. The second kappa shape index (κ2) is 8.54. The molecule has 0 saturated carbocycles. The van der Waals surface area contributed by atoms with Crippen LogP contribution in [0.5, 0.6) is 0 Å². The Kier molecular flexibility index (Phi) is 7.37. The van der Waals surface area contributed by atoms with Gasteiger partial charge in [-0.15, -0.1) is 0 Å². The van der Waals surface area contributed by atoms with E-state index in [-0.39, 0.29) is 17.7 Å². The molecule has 1 amide bonds. The lowest BCUT2D eigenvalue weighted by Crippen LogP contribution is -2.36. The van der Waals surface area contributed by atoms with Crippen molar-refractivity contribution in [2.75, 3.05) is 6.54 Å². The van der Waals surface area contributed by atoms with Gasteiger partial charge in [-0.1, -0.05) is 34.6 Å². The number of amides is 1.